The molecule has 2 unspecified atom stereocenters. The lowest BCUT2D eigenvalue weighted by atomic mass is 9.68. The molecule has 2 amide bonds. The van der Waals surface area contributed by atoms with E-state index < -0.39 is 0 Å². The van der Waals surface area contributed by atoms with Crippen molar-refractivity contribution < 1.29 is 14.3 Å². The van der Waals surface area contributed by atoms with Gasteiger partial charge in [-0.2, -0.15) is 0 Å². The first-order chi connectivity index (χ1) is 12.2. The molecule has 0 aromatic heterocycles. The fourth-order valence-corrected chi connectivity index (χ4v) is 5.51. The van der Waals surface area contributed by atoms with Crippen molar-refractivity contribution in [3.63, 3.8) is 0 Å². The van der Waals surface area contributed by atoms with E-state index in [2.05, 4.69) is 10.2 Å². The van der Waals surface area contributed by atoms with E-state index in [9.17, 15) is 4.79 Å². The Balaban J connectivity index is 1.25. The molecular weight excluding hydrogens is 316 g/mol. The molecule has 2 saturated carbocycles. The molecule has 2 saturated heterocycles. The quantitative estimate of drug-likeness (QED) is 0.898. The Bertz CT molecular complexity index is 663. The first-order valence-electron chi connectivity index (χ1n) is 9.67. The standard InChI is InChI=1S/C20H26N2O3/c23-20(21-11-13-1-2-18-19(10-13)25-4-3-24-18)22-12-16-6-14-5-15(7-16)9-17(22)8-14/h1-2,10,14-17H,3-9,11-12H2,(H,21,23). The second-order valence-electron chi connectivity index (χ2n) is 8.22. The molecule has 134 valence electrons. The van der Waals surface area contributed by atoms with Crippen molar-refractivity contribution in [2.75, 3.05) is 19.8 Å². The molecule has 1 N–H and O–H groups in total. The topological polar surface area (TPSA) is 50.8 Å². The molecule has 4 bridgehead atoms. The van der Waals surface area contributed by atoms with Crippen LogP contribution < -0.4 is 14.8 Å². The number of amides is 2. The largest absolute Gasteiger partial charge is 0.486 e. The number of rotatable bonds is 2. The Labute approximate surface area is 148 Å². The Morgan fingerprint density at radius 3 is 2.52 bits per heavy atom. The molecule has 2 atom stereocenters. The molecule has 4 fully saturated rings. The summed E-state index contributed by atoms with van der Waals surface area (Å²) >= 11 is 0. The van der Waals surface area contributed by atoms with Crippen LogP contribution in [-0.2, 0) is 6.54 Å². The van der Waals surface area contributed by atoms with Crippen LogP contribution in [0.25, 0.3) is 0 Å². The van der Waals surface area contributed by atoms with Crippen LogP contribution in [-0.4, -0.2) is 36.7 Å². The summed E-state index contributed by atoms with van der Waals surface area (Å²) in [6.07, 6.45) is 6.49. The SMILES string of the molecule is O=C(NCc1ccc2c(c1)OCCO2)N1CC2CC3CC(C2)CC1C3. The van der Waals surface area contributed by atoms with E-state index in [1.54, 1.807) is 0 Å². The van der Waals surface area contributed by atoms with Crippen molar-refractivity contribution in [2.24, 2.45) is 17.8 Å². The van der Waals surface area contributed by atoms with Crippen molar-refractivity contribution in [2.45, 2.75) is 44.7 Å². The maximum Gasteiger partial charge on any atom is 0.317 e. The van der Waals surface area contributed by atoms with Crippen LogP contribution in [0.3, 0.4) is 0 Å². The van der Waals surface area contributed by atoms with E-state index in [1.807, 2.05) is 18.2 Å². The summed E-state index contributed by atoms with van der Waals surface area (Å²) < 4.78 is 11.2. The van der Waals surface area contributed by atoms with Crippen LogP contribution in [0.2, 0.25) is 0 Å². The van der Waals surface area contributed by atoms with Gasteiger partial charge in [-0.25, -0.2) is 4.79 Å². The number of fused-ring (bicyclic) bond motifs is 2. The molecule has 5 heteroatoms. The van der Waals surface area contributed by atoms with Gasteiger partial charge >= 0.3 is 6.03 Å². The van der Waals surface area contributed by atoms with Crippen LogP contribution in [0.1, 0.15) is 37.7 Å². The minimum absolute atomic E-state index is 0.105. The van der Waals surface area contributed by atoms with E-state index in [0.29, 0.717) is 25.8 Å². The minimum Gasteiger partial charge on any atom is -0.486 e. The normalized spacial score (nSPS) is 32.4. The fourth-order valence-electron chi connectivity index (χ4n) is 5.51. The smallest absolute Gasteiger partial charge is 0.317 e. The molecule has 2 aliphatic carbocycles. The van der Waals surface area contributed by atoms with E-state index in [4.69, 9.17) is 9.47 Å². The summed E-state index contributed by atoms with van der Waals surface area (Å²) in [6, 6.07) is 6.47. The molecule has 1 aromatic rings. The van der Waals surface area contributed by atoms with Crippen molar-refractivity contribution in [3.8, 4) is 11.5 Å². The van der Waals surface area contributed by atoms with Crippen LogP contribution >= 0.6 is 0 Å². The summed E-state index contributed by atoms with van der Waals surface area (Å²) in [4.78, 5) is 15.0. The van der Waals surface area contributed by atoms with Crippen LogP contribution in [0.15, 0.2) is 18.2 Å². The maximum atomic E-state index is 12.8. The van der Waals surface area contributed by atoms with Crippen molar-refractivity contribution in [3.05, 3.63) is 23.8 Å². The molecule has 0 spiro atoms. The van der Waals surface area contributed by atoms with Gasteiger partial charge in [-0.3, -0.25) is 0 Å². The van der Waals surface area contributed by atoms with E-state index in [1.165, 1.54) is 32.1 Å². The molecule has 5 aliphatic rings. The Morgan fingerprint density at radius 2 is 1.72 bits per heavy atom. The van der Waals surface area contributed by atoms with Crippen molar-refractivity contribution in [1.29, 1.82) is 0 Å². The third-order valence-electron chi connectivity index (χ3n) is 6.42. The zero-order valence-electron chi connectivity index (χ0n) is 14.6. The number of carbonyl (C=O) groups is 1. The summed E-state index contributed by atoms with van der Waals surface area (Å²) in [5.74, 6) is 4.01. The number of nitrogens with zero attached hydrogens (tertiary/aromatic N) is 1. The molecule has 3 aliphatic heterocycles. The molecule has 3 heterocycles. The highest BCUT2D eigenvalue weighted by atomic mass is 16.6. The Hall–Kier alpha value is -1.91. The minimum atomic E-state index is 0.105. The highest BCUT2D eigenvalue weighted by Crippen LogP contribution is 2.47. The summed E-state index contributed by atoms with van der Waals surface area (Å²) in [6.45, 7) is 2.67. The van der Waals surface area contributed by atoms with Gasteiger partial charge in [-0.15, -0.1) is 0 Å². The van der Waals surface area contributed by atoms with Gasteiger partial charge in [0.2, 0.25) is 0 Å². The third kappa shape index (κ3) is 2.94. The second-order valence-corrected chi connectivity index (χ2v) is 8.22. The number of carbonyl (C=O) groups excluding carboxylic acids is 1. The Morgan fingerprint density at radius 1 is 1.00 bits per heavy atom. The number of hydrogen-bond donors (Lipinski definition) is 1. The first kappa shape index (κ1) is 15.4. The van der Waals surface area contributed by atoms with Gasteiger partial charge in [-0.05, 0) is 67.6 Å². The van der Waals surface area contributed by atoms with Crippen LogP contribution in [0.4, 0.5) is 4.79 Å². The second kappa shape index (κ2) is 6.11. The number of nitrogens with one attached hydrogen (secondary N) is 1. The van der Waals surface area contributed by atoms with Gasteiger partial charge in [0, 0.05) is 19.1 Å². The monoisotopic (exact) mass is 342 g/mol. The van der Waals surface area contributed by atoms with E-state index >= 15 is 0 Å². The van der Waals surface area contributed by atoms with Gasteiger partial charge in [-0.1, -0.05) is 6.07 Å². The average molecular weight is 342 g/mol. The van der Waals surface area contributed by atoms with Gasteiger partial charge < -0.3 is 19.7 Å². The van der Waals surface area contributed by atoms with Crippen LogP contribution in [0.5, 0.6) is 11.5 Å². The molecule has 5 nitrogen and oxygen atoms in total. The zero-order chi connectivity index (χ0) is 16.8. The lowest BCUT2D eigenvalue weighted by Gasteiger charge is -2.38. The molecule has 25 heavy (non-hydrogen) atoms. The van der Waals surface area contributed by atoms with Crippen molar-refractivity contribution >= 4 is 6.03 Å². The first-order valence-corrected chi connectivity index (χ1v) is 9.67. The van der Waals surface area contributed by atoms with Gasteiger partial charge in [0.25, 0.3) is 0 Å². The summed E-state index contributed by atoms with van der Waals surface area (Å²) in [7, 11) is 0. The zero-order valence-corrected chi connectivity index (χ0v) is 14.6. The summed E-state index contributed by atoms with van der Waals surface area (Å²) in [5.41, 5.74) is 1.05. The molecular formula is C20H26N2O3. The highest BCUT2D eigenvalue weighted by molar-refractivity contribution is 5.74. The van der Waals surface area contributed by atoms with Crippen molar-refractivity contribution in [1.82, 2.24) is 10.2 Å². The van der Waals surface area contributed by atoms with Gasteiger partial charge in [0.05, 0.1) is 0 Å². The summed E-state index contributed by atoms with van der Waals surface area (Å²) in [5, 5.41) is 3.14. The van der Waals surface area contributed by atoms with E-state index in [-0.39, 0.29) is 6.03 Å². The maximum absolute atomic E-state index is 12.8. The predicted octanol–water partition coefficient (Wildman–Crippen LogP) is 3.18. The highest BCUT2D eigenvalue weighted by Gasteiger charge is 2.43. The average Bonchev–Trinajstić information content (AvgIpc) is 2.83. The number of urea groups is 1. The molecule has 0 radical (unpaired) electrons. The third-order valence-corrected chi connectivity index (χ3v) is 6.42. The number of ether oxygens (including phenoxy) is 2. The number of benzene rings is 1. The lowest BCUT2D eigenvalue weighted by Crippen LogP contribution is -2.47. The fraction of sp³-hybridized carbons (Fsp3) is 0.650. The predicted molar refractivity (Wildman–Crippen MR) is 93.7 cm³/mol. The number of hydrogen-bond acceptors (Lipinski definition) is 3. The van der Waals surface area contributed by atoms with Gasteiger partial charge in [0.15, 0.2) is 11.5 Å². The Kier molecular flexibility index (Phi) is 3.75. The lowest BCUT2D eigenvalue weighted by molar-refractivity contribution is 0.131. The van der Waals surface area contributed by atoms with Gasteiger partial charge in [0.1, 0.15) is 13.2 Å². The van der Waals surface area contributed by atoms with E-state index in [0.717, 1.165) is 41.4 Å². The molecule has 6 rings (SSSR count). The van der Waals surface area contributed by atoms with Crippen LogP contribution in [0, 0.1) is 17.8 Å². The molecule has 1 aromatic carbocycles.